The molecule has 1 aromatic heterocycles. The highest BCUT2D eigenvalue weighted by Gasteiger charge is 2.21. The Morgan fingerprint density at radius 1 is 1.58 bits per heavy atom. The molecule has 0 saturated heterocycles. The molecule has 2 N–H and O–H groups in total. The highest BCUT2D eigenvalue weighted by molar-refractivity contribution is 5.96. The minimum atomic E-state index is -1.17. The summed E-state index contributed by atoms with van der Waals surface area (Å²) in [6.45, 7) is 0.392. The van der Waals surface area contributed by atoms with E-state index in [1.807, 2.05) is 0 Å². The van der Waals surface area contributed by atoms with Crippen molar-refractivity contribution in [1.82, 2.24) is 10.3 Å². The van der Waals surface area contributed by atoms with Crippen LogP contribution in [0.5, 0.6) is 0 Å². The smallest absolute Gasteiger partial charge is 0.326 e. The van der Waals surface area contributed by atoms with Gasteiger partial charge in [0.05, 0.1) is 11.8 Å². The van der Waals surface area contributed by atoms with E-state index in [9.17, 15) is 14.0 Å². The third-order valence-corrected chi connectivity index (χ3v) is 2.46. The summed E-state index contributed by atoms with van der Waals surface area (Å²) in [5, 5.41) is 11.2. The number of ether oxygens (including phenoxy) is 1. The normalized spacial score (nSPS) is 11.9. The van der Waals surface area contributed by atoms with Gasteiger partial charge in [0.25, 0.3) is 5.91 Å². The predicted molar refractivity (Wildman–Crippen MR) is 64.2 cm³/mol. The van der Waals surface area contributed by atoms with Crippen LogP contribution in [0.2, 0.25) is 0 Å². The molecule has 104 valence electrons. The van der Waals surface area contributed by atoms with Crippen LogP contribution >= 0.6 is 0 Å². The summed E-state index contributed by atoms with van der Waals surface area (Å²) in [6, 6.07) is 0.119. The lowest BCUT2D eigenvalue weighted by Gasteiger charge is -2.14. The van der Waals surface area contributed by atoms with Crippen molar-refractivity contribution in [3.05, 3.63) is 29.8 Å². The quantitative estimate of drug-likeness (QED) is 0.716. The number of carbonyl (C=O) groups is 2. The number of nitrogens with zero attached hydrogens (tertiary/aromatic N) is 1. The fraction of sp³-hybridized carbons (Fsp3) is 0.417. The summed E-state index contributed by atoms with van der Waals surface area (Å²) >= 11 is 0. The van der Waals surface area contributed by atoms with E-state index in [1.165, 1.54) is 19.4 Å². The molecule has 6 nitrogen and oxygen atoms in total. The molecule has 1 rings (SSSR count). The molecule has 19 heavy (non-hydrogen) atoms. The van der Waals surface area contributed by atoms with Gasteiger partial charge in [-0.25, -0.2) is 9.18 Å². The van der Waals surface area contributed by atoms with Crippen molar-refractivity contribution in [2.24, 2.45) is 0 Å². The van der Waals surface area contributed by atoms with Crippen molar-refractivity contribution < 1.29 is 23.8 Å². The first-order valence-corrected chi connectivity index (χ1v) is 5.68. The Hall–Kier alpha value is -2.02. The second-order valence-corrected chi connectivity index (χ2v) is 3.85. The zero-order chi connectivity index (χ0) is 14.3. The number of carboxylic acid groups (broad SMARTS) is 1. The minimum absolute atomic E-state index is 0.210. The topological polar surface area (TPSA) is 88.5 Å². The monoisotopic (exact) mass is 270 g/mol. The number of hydrogen-bond acceptors (Lipinski definition) is 4. The molecule has 7 heteroatoms. The number of amides is 1. The Balaban J connectivity index is 2.66. The summed E-state index contributed by atoms with van der Waals surface area (Å²) in [6.07, 6.45) is 2.85. The molecule has 1 aromatic rings. The molecule has 0 aliphatic carbocycles. The van der Waals surface area contributed by atoms with E-state index in [0.29, 0.717) is 13.0 Å². The van der Waals surface area contributed by atoms with Crippen LogP contribution in [0.4, 0.5) is 4.39 Å². The standard InChI is InChI=1S/C12H15FN2O4/c1-19-6-2-3-10(12(17)18)15-11(16)8-4-5-14-7-9(8)13/h4-5,7,10H,2-3,6H2,1H3,(H,15,16)(H,17,18). The number of carboxylic acids is 1. The number of pyridine rings is 1. The molecule has 0 spiro atoms. The van der Waals surface area contributed by atoms with Crippen LogP contribution in [0.25, 0.3) is 0 Å². The average Bonchev–Trinajstić information content (AvgIpc) is 2.38. The van der Waals surface area contributed by atoms with E-state index < -0.39 is 23.7 Å². The Kier molecular flexibility index (Phi) is 5.87. The molecular weight excluding hydrogens is 255 g/mol. The number of aromatic nitrogens is 1. The Morgan fingerprint density at radius 2 is 2.32 bits per heavy atom. The van der Waals surface area contributed by atoms with Crippen LogP contribution in [0.15, 0.2) is 18.5 Å². The number of halogens is 1. The van der Waals surface area contributed by atoms with E-state index >= 15 is 0 Å². The summed E-state index contributed by atoms with van der Waals surface area (Å²) in [4.78, 5) is 26.2. The van der Waals surface area contributed by atoms with Crippen LogP contribution in [0, 0.1) is 5.82 Å². The highest BCUT2D eigenvalue weighted by atomic mass is 19.1. The van der Waals surface area contributed by atoms with Gasteiger partial charge < -0.3 is 15.2 Å². The first-order valence-electron chi connectivity index (χ1n) is 5.68. The lowest BCUT2D eigenvalue weighted by Crippen LogP contribution is -2.41. The van der Waals surface area contributed by atoms with Gasteiger partial charge in [0, 0.05) is 19.9 Å². The number of methoxy groups -OCH3 is 1. The van der Waals surface area contributed by atoms with Gasteiger partial charge in [-0.3, -0.25) is 9.78 Å². The number of nitrogens with one attached hydrogen (secondary N) is 1. The maximum Gasteiger partial charge on any atom is 0.326 e. The van der Waals surface area contributed by atoms with E-state index in [-0.39, 0.29) is 12.0 Å². The molecule has 1 unspecified atom stereocenters. The third-order valence-electron chi connectivity index (χ3n) is 2.46. The fourth-order valence-electron chi connectivity index (χ4n) is 1.48. The molecule has 0 aliphatic heterocycles. The zero-order valence-corrected chi connectivity index (χ0v) is 10.4. The van der Waals surface area contributed by atoms with Crippen LogP contribution < -0.4 is 5.32 Å². The van der Waals surface area contributed by atoms with Crippen LogP contribution in [-0.2, 0) is 9.53 Å². The second kappa shape index (κ2) is 7.42. The Labute approximate surface area is 109 Å². The molecular formula is C12H15FN2O4. The molecule has 0 aliphatic rings. The van der Waals surface area contributed by atoms with Crippen LogP contribution in [0.3, 0.4) is 0 Å². The summed E-state index contributed by atoms with van der Waals surface area (Å²) in [5.41, 5.74) is -0.229. The summed E-state index contributed by atoms with van der Waals surface area (Å²) in [5.74, 6) is -2.73. The van der Waals surface area contributed by atoms with Crippen molar-refractivity contribution in [1.29, 1.82) is 0 Å². The van der Waals surface area contributed by atoms with E-state index in [0.717, 1.165) is 6.20 Å². The SMILES string of the molecule is COCCCC(NC(=O)c1ccncc1F)C(=O)O. The third kappa shape index (κ3) is 4.63. The van der Waals surface area contributed by atoms with E-state index in [4.69, 9.17) is 9.84 Å². The molecule has 0 aromatic carbocycles. The summed E-state index contributed by atoms with van der Waals surface area (Å²) < 4.78 is 18.1. The number of carbonyl (C=O) groups excluding carboxylic acids is 1. The molecule has 0 saturated carbocycles. The van der Waals surface area contributed by atoms with Gasteiger partial charge in [0.2, 0.25) is 0 Å². The minimum Gasteiger partial charge on any atom is -0.480 e. The van der Waals surface area contributed by atoms with Gasteiger partial charge in [-0.15, -0.1) is 0 Å². The van der Waals surface area contributed by atoms with Gasteiger partial charge in [-0.1, -0.05) is 0 Å². The highest BCUT2D eigenvalue weighted by Crippen LogP contribution is 2.06. The van der Waals surface area contributed by atoms with Gasteiger partial charge in [0.15, 0.2) is 5.82 Å². The average molecular weight is 270 g/mol. The van der Waals surface area contributed by atoms with Gasteiger partial charge in [0.1, 0.15) is 6.04 Å². The van der Waals surface area contributed by atoms with Crippen molar-refractivity contribution in [3.63, 3.8) is 0 Å². The van der Waals surface area contributed by atoms with Gasteiger partial charge >= 0.3 is 5.97 Å². The maximum atomic E-state index is 13.3. The number of aliphatic carboxylic acids is 1. The number of hydrogen-bond donors (Lipinski definition) is 2. The van der Waals surface area contributed by atoms with Crippen molar-refractivity contribution in [2.45, 2.75) is 18.9 Å². The van der Waals surface area contributed by atoms with E-state index in [1.54, 1.807) is 0 Å². The number of rotatable bonds is 7. The molecule has 1 heterocycles. The molecule has 0 radical (unpaired) electrons. The van der Waals surface area contributed by atoms with Gasteiger partial charge in [-0.2, -0.15) is 0 Å². The fourth-order valence-corrected chi connectivity index (χ4v) is 1.48. The van der Waals surface area contributed by atoms with Crippen molar-refractivity contribution >= 4 is 11.9 Å². The van der Waals surface area contributed by atoms with Crippen molar-refractivity contribution in [3.8, 4) is 0 Å². The maximum absolute atomic E-state index is 13.3. The van der Waals surface area contributed by atoms with E-state index in [2.05, 4.69) is 10.3 Å². The lowest BCUT2D eigenvalue weighted by molar-refractivity contribution is -0.139. The first-order chi connectivity index (χ1) is 9.06. The lowest BCUT2D eigenvalue weighted by atomic mass is 10.1. The van der Waals surface area contributed by atoms with Crippen molar-refractivity contribution in [2.75, 3.05) is 13.7 Å². The molecule has 1 amide bonds. The molecule has 1 atom stereocenters. The second-order valence-electron chi connectivity index (χ2n) is 3.85. The molecule has 0 bridgehead atoms. The first kappa shape index (κ1) is 15.0. The van der Waals surface area contributed by atoms with Crippen LogP contribution in [0.1, 0.15) is 23.2 Å². The Bertz CT molecular complexity index is 453. The molecule has 0 fully saturated rings. The zero-order valence-electron chi connectivity index (χ0n) is 10.4. The van der Waals surface area contributed by atoms with Gasteiger partial charge in [-0.05, 0) is 18.9 Å². The summed E-state index contributed by atoms with van der Waals surface area (Å²) in [7, 11) is 1.50. The largest absolute Gasteiger partial charge is 0.480 e. The Morgan fingerprint density at radius 3 is 2.89 bits per heavy atom. The predicted octanol–water partition coefficient (Wildman–Crippen LogP) is 0.830. The van der Waals surface area contributed by atoms with Crippen LogP contribution in [-0.4, -0.2) is 41.7 Å².